The summed E-state index contributed by atoms with van der Waals surface area (Å²) in [5, 5.41) is 0. The van der Waals surface area contributed by atoms with E-state index >= 15 is 0 Å². The van der Waals surface area contributed by atoms with Crippen LogP contribution in [0.1, 0.15) is 20.8 Å². The smallest absolute Gasteiger partial charge is 0.313 e. The van der Waals surface area contributed by atoms with Gasteiger partial charge in [0.1, 0.15) is 0 Å². The van der Waals surface area contributed by atoms with Crippen molar-refractivity contribution in [2.75, 3.05) is 30.8 Å². The summed E-state index contributed by atoms with van der Waals surface area (Å²) in [6.07, 6.45) is 0. The van der Waals surface area contributed by atoms with Crippen molar-refractivity contribution in [3.63, 3.8) is 0 Å². The van der Waals surface area contributed by atoms with Crippen LogP contribution in [0.15, 0.2) is 24.3 Å². The number of nitrogen functional groups attached to an aromatic ring is 1. The van der Waals surface area contributed by atoms with E-state index < -0.39 is 5.41 Å². The molecule has 0 bridgehead atoms. The summed E-state index contributed by atoms with van der Waals surface area (Å²) in [6, 6.07) is 7.67. The van der Waals surface area contributed by atoms with E-state index in [9.17, 15) is 4.79 Å². The third-order valence-electron chi connectivity index (χ3n) is 2.94. The molecule has 1 rings (SSSR count). The average molecular weight is 250 g/mol. The number of methoxy groups -OCH3 is 1. The zero-order chi connectivity index (χ0) is 13.8. The lowest BCUT2D eigenvalue weighted by Crippen LogP contribution is -2.40. The Labute approximate surface area is 109 Å². The molecule has 100 valence electrons. The monoisotopic (exact) mass is 250 g/mol. The van der Waals surface area contributed by atoms with Crippen LogP contribution in [-0.2, 0) is 9.53 Å². The molecule has 0 aliphatic rings. The number of hydrogen-bond acceptors (Lipinski definition) is 4. The van der Waals surface area contributed by atoms with Gasteiger partial charge in [-0.3, -0.25) is 4.79 Å². The summed E-state index contributed by atoms with van der Waals surface area (Å²) in [4.78, 5) is 13.8. The number of hydrogen-bond donors (Lipinski definition) is 1. The lowest BCUT2D eigenvalue weighted by molar-refractivity contribution is -0.150. The van der Waals surface area contributed by atoms with Crippen LogP contribution in [-0.4, -0.2) is 26.2 Å². The van der Waals surface area contributed by atoms with Gasteiger partial charge in [0.25, 0.3) is 0 Å². The topological polar surface area (TPSA) is 55.6 Å². The highest BCUT2D eigenvalue weighted by Gasteiger charge is 2.30. The van der Waals surface area contributed by atoms with Crippen LogP contribution >= 0.6 is 0 Å². The van der Waals surface area contributed by atoms with Gasteiger partial charge in [0.05, 0.1) is 12.5 Å². The van der Waals surface area contributed by atoms with Crippen LogP contribution in [0.5, 0.6) is 0 Å². The highest BCUT2D eigenvalue weighted by molar-refractivity contribution is 5.76. The predicted molar refractivity (Wildman–Crippen MR) is 74.5 cm³/mol. The van der Waals surface area contributed by atoms with E-state index in [2.05, 4.69) is 11.8 Å². The van der Waals surface area contributed by atoms with Gasteiger partial charge in [0, 0.05) is 24.5 Å². The first-order chi connectivity index (χ1) is 8.40. The Hall–Kier alpha value is -1.71. The second-order valence-corrected chi connectivity index (χ2v) is 4.98. The molecular weight excluding hydrogens is 228 g/mol. The molecule has 0 spiro atoms. The van der Waals surface area contributed by atoms with E-state index in [0.717, 1.165) is 17.9 Å². The van der Waals surface area contributed by atoms with Gasteiger partial charge in [0.2, 0.25) is 0 Å². The molecule has 0 aliphatic carbocycles. The SMILES string of the molecule is CCN(CC(C)(C)C(=O)OC)c1cccc(N)c1. The van der Waals surface area contributed by atoms with Crippen molar-refractivity contribution in [3.05, 3.63) is 24.3 Å². The third kappa shape index (κ3) is 3.39. The van der Waals surface area contributed by atoms with Crippen molar-refractivity contribution in [3.8, 4) is 0 Å². The maximum absolute atomic E-state index is 11.7. The number of esters is 1. The van der Waals surface area contributed by atoms with Gasteiger partial charge in [-0.05, 0) is 39.0 Å². The summed E-state index contributed by atoms with van der Waals surface area (Å²) in [5.41, 5.74) is 6.98. The minimum Gasteiger partial charge on any atom is -0.469 e. The van der Waals surface area contributed by atoms with Gasteiger partial charge in [-0.25, -0.2) is 0 Å². The molecule has 1 aromatic carbocycles. The van der Waals surface area contributed by atoms with E-state index in [1.165, 1.54) is 7.11 Å². The van der Waals surface area contributed by atoms with Gasteiger partial charge >= 0.3 is 5.97 Å². The third-order valence-corrected chi connectivity index (χ3v) is 2.94. The van der Waals surface area contributed by atoms with Crippen molar-refractivity contribution in [1.29, 1.82) is 0 Å². The van der Waals surface area contributed by atoms with Crippen LogP contribution in [0.2, 0.25) is 0 Å². The molecule has 0 unspecified atom stereocenters. The summed E-state index contributed by atoms with van der Waals surface area (Å²) in [5.74, 6) is -0.204. The number of carbonyl (C=O) groups is 1. The maximum atomic E-state index is 11.7. The quantitative estimate of drug-likeness (QED) is 0.643. The van der Waals surface area contributed by atoms with E-state index in [1.807, 2.05) is 38.1 Å². The number of carbonyl (C=O) groups excluding carboxylic acids is 1. The molecule has 0 aliphatic heterocycles. The zero-order valence-electron chi connectivity index (χ0n) is 11.6. The summed E-state index contributed by atoms with van der Waals surface area (Å²) >= 11 is 0. The first-order valence-electron chi connectivity index (χ1n) is 6.09. The molecule has 0 saturated carbocycles. The zero-order valence-corrected chi connectivity index (χ0v) is 11.6. The molecule has 0 atom stereocenters. The van der Waals surface area contributed by atoms with Crippen LogP contribution < -0.4 is 10.6 Å². The highest BCUT2D eigenvalue weighted by Crippen LogP contribution is 2.24. The molecule has 4 heteroatoms. The summed E-state index contributed by atoms with van der Waals surface area (Å²) in [7, 11) is 1.42. The molecule has 1 aromatic rings. The Bertz CT molecular complexity index is 416. The number of nitrogens with zero attached hydrogens (tertiary/aromatic N) is 1. The summed E-state index contributed by atoms with van der Waals surface area (Å²) < 4.78 is 4.83. The fourth-order valence-corrected chi connectivity index (χ4v) is 1.93. The molecule has 0 saturated heterocycles. The van der Waals surface area contributed by atoms with Gasteiger partial charge in [0.15, 0.2) is 0 Å². The van der Waals surface area contributed by atoms with Gasteiger partial charge < -0.3 is 15.4 Å². The van der Waals surface area contributed by atoms with Gasteiger partial charge in [-0.2, -0.15) is 0 Å². The molecule has 0 amide bonds. The van der Waals surface area contributed by atoms with Gasteiger partial charge in [-0.15, -0.1) is 0 Å². The molecule has 4 nitrogen and oxygen atoms in total. The highest BCUT2D eigenvalue weighted by atomic mass is 16.5. The number of rotatable bonds is 5. The lowest BCUT2D eigenvalue weighted by Gasteiger charge is -2.31. The summed E-state index contributed by atoms with van der Waals surface area (Å²) in [6.45, 7) is 7.22. The van der Waals surface area contributed by atoms with Crippen molar-refractivity contribution < 1.29 is 9.53 Å². The van der Waals surface area contributed by atoms with Crippen LogP contribution in [0.25, 0.3) is 0 Å². The molecular formula is C14H22N2O2. The Kier molecular flexibility index (Phi) is 4.59. The predicted octanol–water partition coefficient (Wildman–Crippen LogP) is 2.29. The Morgan fingerprint density at radius 1 is 1.44 bits per heavy atom. The number of anilines is 2. The van der Waals surface area contributed by atoms with Crippen molar-refractivity contribution in [1.82, 2.24) is 0 Å². The Morgan fingerprint density at radius 2 is 2.11 bits per heavy atom. The van der Waals surface area contributed by atoms with E-state index in [0.29, 0.717) is 6.54 Å². The van der Waals surface area contributed by atoms with Crippen molar-refractivity contribution in [2.24, 2.45) is 5.41 Å². The molecule has 0 aromatic heterocycles. The Morgan fingerprint density at radius 3 is 2.61 bits per heavy atom. The molecule has 0 radical (unpaired) electrons. The first-order valence-corrected chi connectivity index (χ1v) is 6.09. The average Bonchev–Trinajstić information content (AvgIpc) is 2.34. The number of nitrogens with two attached hydrogens (primary N) is 1. The fourth-order valence-electron chi connectivity index (χ4n) is 1.93. The minimum atomic E-state index is -0.546. The number of ether oxygens (including phenoxy) is 1. The fraction of sp³-hybridized carbons (Fsp3) is 0.500. The normalized spacial score (nSPS) is 11.1. The van der Waals surface area contributed by atoms with E-state index in [4.69, 9.17) is 10.5 Å². The minimum absolute atomic E-state index is 0.204. The number of benzene rings is 1. The molecule has 18 heavy (non-hydrogen) atoms. The molecule has 0 heterocycles. The van der Waals surface area contributed by atoms with Crippen LogP contribution in [0, 0.1) is 5.41 Å². The second kappa shape index (κ2) is 5.76. The lowest BCUT2D eigenvalue weighted by atomic mass is 9.92. The van der Waals surface area contributed by atoms with E-state index in [1.54, 1.807) is 0 Å². The van der Waals surface area contributed by atoms with Crippen molar-refractivity contribution in [2.45, 2.75) is 20.8 Å². The Balaban J connectivity index is 2.89. The van der Waals surface area contributed by atoms with Crippen molar-refractivity contribution >= 4 is 17.3 Å². The van der Waals surface area contributed by atoms with E-state index in [-0.39, 0.29) is 5.97 Å². The maximum Gasteiger partial charge on any atom is 0.313 e. The standard InChI is InChI=1S/C14H22N2O2/c1-5-16(10-14(2,3)13(17)18-4)12-8-6-7-11(15)9-12/h6-9H,5,10,15H2,1-4H3. The van der Waals surface area contributed by atoms with Gasteiger partial charge in [-0.1, -0.05) is 6.07 Å². The second-order valence-electron chi connectivity index (χ2n) is 4.98. The largest absolute Gasteiger partial charge is 0.469 e. The molecule has 0 fully saturated rings. The first kappa shape index (κ1) is 14.4. The molecule has 2 N–H and O–H groups in total. The van der Waals surface area contributed by atoms with Crippen LogP contribution in [0.4, 0.5) is 11.4 Å². The van der Waals surface area contributed by atoms with Crippen LogP contribution in [0.3, 0.4) is 0 Å².